The minimum Gasteiger partial charge on any atom is -0.481 e. The third-order valence-corrected chi connectivity index (χ3v) is 3.06. The molecule has 2 aromatic heterocycles. The van der Waals surface area contributed by atoms with Gasteiger partial charge >= 0.3 is 5.97 Å². The summed E-state index contributed by atoms with van der Waals surface area (Å²) in [6, 6.07) is 0. The molecule has 2 N–H and O–H groups in total. The maximum absolute atomic E-state index is 10.9. The van der Waals surface area contributed by atoms with Crippen molar-refractivity contribution in [2.75, 3.05) is 0 Å². The summed E-state index contributed by atoms with van der Waals surface area (Å²) in [6.45, 7) is 8.21. The van der Waals surface area contributed by atoms with E-state index in [4.69, 9.17) is 5.11 Å². The number of carboxylic acid groups (broad SMARTS) is 1. The van der Waals surface area contributed by atoms with E-state index < -0.39 is 5.97 Å². The topological polar surface area (TPSA) is 78.9 Å². The third kappa shape index (κ3) is 2.59. The molecule has 0 unspecified atom stereocenters. The van der Waals surface area contributed by atoms with Gasteiger partial charge in [0.1, 0.15) is 11.5 Å². The number of aliphatic carboxylic acids is 1. The van der Waals surface area contributed by atoms with E-state index in [-0.39, 0.29) is 18.3 Å². The number of carbonyl (C=O) groups is 1. The second kappa shape index (κ2) is 4.99. The monoisotopic (exact) mass is 261 g/mol. The Balaban J connectivity index is 2.68. The van der Waals surface area contributed by atoms with Gasteiger partial charge in [-0.25, -0.2) is 9.97 Å². The molecule has 0 atom stereocenters. The molecule has 0 radical (unpaired) electrons. The number of H-pyrrole nitrogens is 1. The van der Waals surface area contributed by atoms with Gasteiger partial charge in [0.15, 0.2) is 0 Å². The van der Waals surface area contributed by atoms with Crippen LogP contribution in [0, 0.1) is 0 Å². The lowest BCUT2D eigenvalue weighted by Gasteiger charge is -2.11. The van der Waals surface area contributed by atoms with Gasteiger partial charge in [-0.2, -0.15) is 0 Å². The molecule has 2 rings (SSSR count). The highest BCUT2D eigenvalue weighted by molar-refractivity contribution is 5.86. The van der Waals surface area contributed by atoms with Crippen LogP contribution in [0.15, 0.2) is 6.20 Å². The van der Waals surface area contributed by atoms with Crippen LogP contribution in [0.4, 0.5) is 0 Å². The molecule has 0 saturated carbocycles. The molecular weight excluding hydrogens is 242 g/mol. The molecule has 5 nitrogen and oxygen atoms in total. The standard InChI is InChI=1S/C14H19N3O2/c1-7(2)12-11-9(5-10(18)19)6-15-14(11)17-13(16-12)8(3)4/h6-8H,5H2,1-4H3,(H,18,19)(H,15,16,17). The molecule has 0 aliphatic heterocycles. The van der Waals surface area contributed by atoms with Crippen LogP contribution in [0.5, 0.6) is 0 Å². The van der Waals surface area contributed by atoms with Crippen LogP contribution >= 0.6 is 0 Å². The number of aromatic nitrogens is 3. The van der Waals surface area contributed by atoms with E-state index in [1.807, 2.05) is 13.8 Å². The van der Waals surface area contributed by atoms with Crippen LogP contribution in [0.1, 0.15) is 56.6 Å². The Morgan fingerprint density at radius 1 is 1.26 bits per heavy atom. The van der Waals surface area contributed by atoms with E-state index in [1.54, 1.807) is 6.20 Å². The Hall–Kier alpha value is -1.91. The average molecular weight is 261 g/mol. The molecular formula is C14H19N3O2. The largest absolute Gasteiger partial charge is 0.481 e. The lowest BCUT2D eigenvalue weighted by molar-refractivity contribution is -0.136. The van der Waals surface area contributed by atoms with Crippen molar-refractivity contribution >= 4 is 17.0 Å². The number of carboxylic acids is 1. The van der Waals surface area contributed by atoms with Crippen molar-refractivity contribution in [1.29, 1.82) is 0 Å². The Labute approximate surface area is 112 Å². The van der Waals surface area contributed by atoms with Crippen LogP contribution < -0.4 is 0 Å². The van der Waals surface area contributed by atoms with Gasteiger partial charge in [0.25, 0.3) is 0 Å². The van der Waals surface area contributed by atoms with E-state index >= 15 is 0 Å². The van der Waals surface area contributed by atoms with Crippen LogP contribution in [0.2, 0.25) is 0 Å². The predicted octanol–water partition coefficient (Wildman–Crippen LogP) is 2.83. The van der Waals surface area contributed by atoms with E-state index in [2.05, 4.69) is 28.8 Å². The highest BCUT2D eigenvalue weighted by atomic mass is 16.4. The van der Waals surface area contributed by atoms with Gasteiger partial charge < -0.3 is 10.1 Å². The number of nitrogens with zero attached hydrogens (tertiary/aromatic N) is 2. The minimum absolute atomic E-state index is 0.00982. The number of fused-ring (bicyclic) bond motifs is 1. The Morgan fingerprint density at radius 2 is 1.95 bits per heavy atom. The number of hydrogen-bond donors (Lipinski definition) is 2. The Morgan fingerprint density at radius 3 is 2.47 bits per heavy atom. The Bertz CT molecular complexity index is 614. The molecule has 0 saturated heterocycles. The van der Waals surface area contributed by atoms with Gasteiger partial charge in [0, 0.05) is 17.5 Å². The Kier molecular flexibility index (Phi) is 3.55. The fourth-order valence-electron chi connectivity index (χ4n) is 2.12. The average Bonchev–Trinajstić information content (AvgIpc) is 2.70. The van der Waals surface area contributed by atoms with Crippen molar-refractivity contribution in [1.82, 2.24) is 15.0 Å². The summed E-state index contributed by atoms with van der Waals surface area (Å²) >= 11 is 0. The van der Waals surface area contributed by atoms with E-state index in [0.717, 1.165) is 28.1 Å². The fraction of sp³-hybridized carbons (Fsp3) is 0.500. The highest BCUT2D eigenvalue weighted by Gasteiger charge is 2.18. The number of nitrogens with one attached hydrogen (secondary N) is 1. The molecule has 19 heavy (non-hydrogen) atoms. The first kappa shape index (κ1) is 13.5. The molecule has 0 aliphatic carbocycles. The van der Waals surface area contributed by atoms with Gasteiger partial charge in [-0.05, 0) is 11.5 Å². The molecule has 0 aromatic carbocycles. The lowest BCUT2D eigenvalue weighted by atomic mass is 10.0. The summed E-state index contributed by atoms with van der Waals surface area (Å²) in [5, 5.41) is 9.83. The van der Waals surface area contributed by atoms with E-state index in [1.165, 1.54) is 0 Å². The summed E-state index contributed by atoms with van der Waals surface area (Å²) < 4.78 is 0. The molecule has 2 heterocycles. The van der Waals surface area contributed by atoms with Gasteiger partial charge in [-0.3, -0.25) is 4.79 Å². The number of rotatable bonds is 4. The SMILES string of the molecule is CC(C)c1nc(C(C)C)c2c(CC(=O)O)c[nH]c2n1. The molecule has 0 bridgehead atoms. The van der Waals surface area contributed by atoms with Crippen LogP contribution in [-0.4, -0.2) is 26.0 Å². The summed E-state index contributed by atoms with van der Waals surface area (Å²) in [7, 11) is 0. The molecule has 0 fully saturated rings. The first-order valence-corrected chi connectivity index (χ1v) is 6.49. The first-order chi connectivity index (χ1) is 8.90. The van der Waals surface area contributed by atoms with Crippen LogP contribution in [0.3, 0.4) is 0 Å². The molecule has 0 aliphatic rings. The van der Waals surface area contributed by atoms with Gasteiger partial charge in [-0.1, -0.05) is 27.7 Å². The predicted molar refractivity (Wildman–Crippen MR) is 73.4 cm³/mol. The summed E-state index contributed by atoms with van der Waals surface area (Å²) in [5.41, 5.74) is 2.41. The van der Waals surface area contributed by atoms with E-state index in [9.17, 15) is 4.79 Å². The zero-order chi connectivity index (χ0) is 14.2. The van der Waals surface area contributed by atoms with Crippen molar-refractivity contribution in [3.05, 3.63) is 23.3 Å². The van der Waals surface area contributed by atoms with E-state index in [0.29, 0.717) is 0 Å². The minimum atomic E-state index is -0.844. The third-order valence-electron chi connectivity index (χ3n) is 3.06. The first-order valence-electron chi connectivity index (χ1n) is 6.49. The second-order valence-corrected chi connectivity index (χ2v) is 5.38. The van der Waals surface area contributed by atoms with Crippen LogP contribution in [-0.2, 0) is 11.2 Å². The molecule has 2 aromatic rings. The maximum atomic E-state index is 10.9. The summed E-state index contributed by atoms with van der Waals surface area (Å²) in [6.07, 6.45) is 1.72. The van der Waals surface area contributed by atoms with Crippen molar-refractivity contribution < 1.29 is 9.90 Å². The zero-order valence-corrected chi connectivity index (χ0v) is 11.7. The second-order valence-electron chi connectivity index (χ2n) is 5.38. The van der Waals surface area contributed by atoms with Crippen LogP contribution in [0.25, 0.3) is 11.0 Å². The van der Waals surface area contributed by atoms with Crippen molar-refractivity contribution in [2.45, 2.75) is 46.0 Å². The smallest absolute Gasteiger partial charge is 0.307 e. The fourth-order valence-corrected chi connectivity index (χ4v) is 2.12. The van der Waals surface area contributed by atoms with Crippen molar-refractivity contribution in [3.8, 4) is 0 Å². The lowest BCUT2D eigenvalue weighted by Crippen LogP contribution is -2.06. The van der Waals surface area contributed by atoms with Crippen molar-refractivity contribution in [3.63, 3.8) is 0 Å². The molecule has 0 amide bonds. The summed E-state index contributed by atoms with van der Waals surface area (Å²) in [4.78, 5) is 23.1. The highest BCUT2D eigenvalue weighted by Crippen LogP contribution is 2.27. The van der Waals surface area contributed by atoms with Gasteiger partial charge in [-0.15, -0.1) is 0 Å². The zero-order valence-electron chi connectivity index (χ0n) is 11.7. The quantitative estimate of drug-likeness (QED) is 0.887. The molecule has 102 valence electrons. The number of hydrogen-bond acceptors (Lipinski definition) is 3. The molecule has 5 heteroatoms. The normalized spacial score (nSPS) is 11.7. The summed E-state index contributed by atoms with van der Waals surface area (Å²) in [5.74, 6) is 0.419. The molecule has 0 spiro atoms. The van der Waals surface area contributed by atoms with Crippen molar-refractivity contribution in [2.24, 2.45) is 0 Å². The van der Waals surface area contributed by atoms with Gasteiger partial charge in [0.05, 0.1) is 12.1 Å². The maximum Gasteiger partial charge on any atom is 0.307 e. The van der Waals surface area contributed by atoms with Gasteiger partial charge in [0.2, 0.25) is 0 Å². The number of aromatic amines is 1.